The van der Waals surface area contributed by atoms with E-state index >= 15 is 0 Å². The highest BCUT2D eigenvalue weighted by atomic mass is 19.1. The molecule has 0 aliphatic heterocycles. The lowest BCUT2D eigenvalue weighted by Gasteiger charge is -2.10. The average Bonchev–Trinajstić information content (AvgIpc) is 2.82. The van der Waals surface area contributed by atoms with Gasteiger partial charge in [-0.25, -0.2) is 9.37 Å². The predicted octanol–water partition coefficient (Wildman–Crippen LogP) is 1.09. The van der Waals surface area contributed by atoms with Crippen LogP contribution in [-0.4, -0.2) is 15.1 Å². The Bertz CT molecular complexity index is 470. The second kappa shape index (κ2) is 4.42. The van der Waals surface area contributed by atoms with E-state index in [0.29, 0.717) is 17.0 Å². The molecule has 5 heteroatoms. The van der Waals surface area contributed by atoms with Gasteiger partial charge in [-0.1, -0.05) is 6.07 Å². The number of aromatic amines is 1. The minimum atomic E-state index is -0.888. The maximum absolute atomic E-state index is 13.2. The number of benzene rings is 1. The van der Waals surface area contributed by atoms with Crippen molar-refractivity contribution in [3.63, 3.8) is 0 Å². The number of H-pyrrole nitrogens is 1. The summed E-state index contributed by atoms with van der Waals surface area (Å²) in [6.07, 6.45) is 2.28. The van der Waals surface area contributed by atoms with Crippen LogP contribution in [0.15, 0.2) is 30.6 Å². The zero-order valence-electron chi connectivity index (χ0n) is 8.52. The van der Waals surface area contributed by atoms with Crippen LogP contribution in [0.25, 0.3) is 0 Å². The van der Waals surface area contributed by atoms with E-state index < -0.39 is 6.10 Å². The van der Waals surface area contributed by atoms with E-state index in [4.69, 9.17) is 5.73 Å². The van der Waals surface area contributed by atoms with Crippen molar-refractivity contribution in [2.24, 2.45) is 5.73 Å². The third-order valence-electron chi connectivity index (χ3n) is 2.38. The Balaban J connectivity index is 2.34. The number of aliphatic hydroxyl groups excluding tert-OH is 1. The number of rotatable bonds is 3. The van der Waals surface area contributed by atoms with E-state index in [1.807, 2.05) is 0 Å². The minimum Gasteiger partial charge on any atom is -0.380 e. The lowest BCUT2D eigenvalue weighted by molar-refractivity contribution is 0.211. The van der Waals surface area contributed by atoms with Crippen molar-refractivity contribution in [1.29, 1.82) is 0 Å². The first-order valence-electron chi connectivity index (χ1n) is 4.88. The Morgan fingerprint density at radius 2 is 2.31 bits per heavy atom. The van der Waals surface area contributed by atoms with E-state index in [1.165, 1.54) is 12.1 Å². The summed E-state index contributed by atoms with van der Waals surface area (Å²) in [6.45, 7) is 0.102. The molecule has 1 heterocycles. The molecule has 2 rings (SSSR count). The zero-order chi connectivity index (χ0) is 11.5. The van der Waals surface area contributed by atoms with Crippen LogP contribution in [-0.2, 0) is 6.54 Å². The number of hydrogen-bond acceptors (Lipinski definition) is 3. The number of nitrogens with zero attached hydrogens (tertiary/aromatic N) is 1. The van der Waals surface area contributed by atoms with Gasteiger partial charge in [0.05, 0.1) is 0 Å². The number of imidazole rings is 1. The smallest absolute Gasteiger partial charge is 0.139 e. The quantitative estimate of drug-likeness (QED) is 0.726. The fourth-order valence-corrected chi connectivity index (χ4v) is 1.51. The molecule has 16 heavy (non-hydrogen) atoms. The molecule has 0 bridgehead atoms. The number of nitrogens with two attached hydrogens (primary N) is 1. The lowest BCUT2D eigenvalue weighted by atomic mass is 10.1. The molecule has 0 saturated heterocycles. The molecule has 0 spiro atoms. The Morgan fingerprint density at radius 3 is 2.94 bits per heavy atom. The Hall–Kier alpha value is -1.72. The van der Waals surface area contributed by atoms with Crippen LogP contribution >= 0.6 is 0 Å². The van der Waals surface area contributed by atoms with Crippen LogP contribution in [0.4, 0.5) is 4.39 Å². The van der Waals surface area contributed by atoms with Crippen molar-refractivity contribution < 1.29 is 9.50 Å². The molecule has 1 unspecified atom stereocenters. The van der Waals surface area contributed by atoms with Gasteiger partial charge < -0.3 is 15.8 Å². The molecule has 2 aromatic rings. The fraction of sp³-hybridized carbons (Fsp3) is 0.182. The molecule has 4 N–H and O–H groups in total. The first-order chi connectivity index (χ1) is 7.72. The van der Waals surface area contributed by atoms with Crippen LogP contribution in [0.1, 0.15) is 23.1 Å². The summed E-state index contributed by atoms with van der Waals surface area (Å²) in [4.78, 5) is 6.74. The van der Waals surface area contributed by atoms with E-state index in [2.05, 4.69) is 9.97 Å². The van der Waals surface area contributed by atoms with Gasteiger partial charge in [0.1, 0.15) is 17.7 Å². The van der Waals surface area contributed by atoms with Crippen LogP contribution in [0, 0.1) is 5.82 Å². The molecular weight excluding hydrogens is 209 g/mol. The summed E-state index contributed by atoms with van der Waals surface area (Å²) in [6, 6.07) is 4.36. The summed E-state index contributed by atoms with van der Waals surface area (Å²) in [5.74, 6) is 0.0625. The average molecular weight is 221 g/mol. The van der Waals surface area contributed by atoms with Gasteiger partial charge >= 0.3 is 0 Å². The topological polar surface area (TPSA) is 74.9 Å². The fourth-order valence-electron chi connectivity index (χ4n) is 1.51. The molecule has 0 aliphatic carbocycles. The zero-order valence-corrected chi connectivity index (χ0v) is 8.52. The summed E-state index contributed by atoms with van der Waals surface area (Å²) in [5.41, 5.74) is 6.34. The van der Waals surface area contributed by atoms with Crippen molar-refractivity contribution in [2.45, 2.75) is 12.6 Å². The molecule has 0 amide bonds. The van der Waals surface area contributed by atoms with Gasteiger partial charge in [0, 0.05) is 24.5 Å². The Kier molecular flexibility index (Phi) is 2.98. The predicted molar refractivity (Wildman–Crippen MR) is 56.9 cm³/mol. The van der Waals surface area contributed by atoms with Crippen molar-refractivity contribution in [1.82, 2.24) is 9.97 Å². The number of aromatic nitrogens is 2. The maximum atomic E-state index is 13.2. The molecule has 1 aromatic carbocycles. The van der Waals surface area contributed by atoms with Crippen molar-refractivity contribution >= 4 is 0 Å². The lowest BCUT2D eigenvalue weighted by Crippen LogP contribution is -2.05. The Labute approximate surface area is 91.9 Å². The normalized spacial score (nSPS) is 12.7. The maximum Gasteiger partial charge on any atom is 0.139 e. The third kappa shape index (κ3) is 1.95. The van der Waals surface area contributed by atoms with Gasteiger partial charge in [-0.15, -0.1) is 0 Å². The molecule has 84 valence electrons. The number of halogens is 1. The first-order valence-corrected chi connectivity index (χ1v) is 4.88. The van der Waals surface area contributed by atoms with Crippen LogP contribution in [0.5, 0.6) is 0 Å². The van der Waals surface area contributed by atoms with Gasteiger partial charge in [0.15, 0.2) is 0 Å². The second-order valence-electron chi connectivity index (χ2n) is 3.43. The molecule has 1 aromatic heterocycles. The van der Waals surface area contributed by atoms with E-state index in [0.717, 1.165) is 0 Å². The van der Waals surface area contributed by atoms with Crippen molar-refractivity contribution in [3.05, 3.63) is 53.4 Å². The van der Waals surface area contributed by atoms with E-state index in [1.54, 1.807) is 18.5 Å². The number of nitrogens with one attached hydrogen (secondary N) is 1. The molecule has 1 atom stereocenters. The van der Waals surface area contributed by atoms with Crippen LogP contribution in [0.2, 0.25) is 0 Å². The summed E-state index contributed by atoms with van der Waals surface area (Å²) in [5, 5.41) is 9.93. The minimum absolute atomic E-state index is 0.102. The summed E-state index contributed by atoms with van der Waals surface area (Å²) >= 11 is 0. The highest BCUT2D eigenvalue weighted by molar-refractivity contribution is 5.29. The highest BCUT2D eigenvalue weighted by Gasteiger charge is 2.14. The second-order valence-corrected chi connectivity index (χ2v) is 3.43. The van der Waals surface area contributed by atoms with Gasteiger partial charge in [0.25, 0.3) is 0 Å². The van der Waals surface area contributed by atoms with Crippen LogP contribution < -0.4 is 5.73 Å². The molecule has 0 aliphatic rings. The third-order valence-corrected chi connectivity index (χ3v) is 2.38. The largest absolute Gasteiger partial charge is 0.380 e. The number of aliphatic hydroxyl groups is 1. The number of hydrogen-bond donors (Lipinski definition) is 3. The van der Waals surface area contributed by atoms with E-state index in [-0.39, 0.29) is 12.4 Å². The molecule has 4 nitrogen and oxygen atoms in total. The van der Waals surface area contributed by atoms with Gasteiger partial charge in [-0.2, -0.15) is 0 Å². The molecule has 0 fully saturated rings. The standard InChI is InChI=1S/C11H12FN3O/c12-9-2-1-7(5-8(9)6-13)10(16)11-14-3-4-15-11/h1-5,10,16H,6,13H2,(H,14,15). The van der Waals surface area contributed by atoms with Gasteiger partial charge in [-0.05, 0) is 17.7 Å². The Morgan fingerprint density at radius 1 is 1.50 bits per heavy atom. The summed E-state index contributed by atoms with van der Waals surface area (Å²) < 4.78 is 13.2. The van der Waals surface area contributed by atoms with E-state index in [9.17, 15) is 9.50 Å². The first kappa shape index (κ1) is 10.8. The summed E-state index contributed by atoms with van der Waals surface area (Å²) in [7, 11) is 0. The van der Waals surface area contributed by atoms with Gasteiger partial charge in [-0.3, -0.25) is 0 Å². The molecule has 0 radical (unpaired) electrons. The monoisotopic (exact) mass is 221 g/mol. The van der Waals surface area contributed by atoms with Crippen LogP contribution in [0.3, 0.4) is 0 Å². The van der Waals surface area contributed by atoms with Crippen molar-refractivity contribution in [3.8, 4) is 0 Å². The van der Waals surface area contributed by atoms with Gasteiger partial charge in [0.2, 0.25) is 0 Å². The van der Waals surface area contributed by atoms with Crippen molar-refractivity contribution in [2.75, 3.05) is 0 Å². The highest BCUT2D eigenvalue weighted by Crippen LogP contribution is 2.20. The SMILES string of the molecule is NCc1cc(C(O)c2ncc[nH]2)ccc1F. The molecular formula is C11H12FN3O. The molecule has 0 saturated carbocycles.